The largest absolute Gasteiger partial charge is 0.309 e. The zero-order valence-electron chi connectivity index (χ0n) is 48.5. The van der Waals surface area contributed by atoms with Crippen LogP contribution in [0.15, 0.2) is 279 Å². The minimum atomic E-state index is 1.11. The Morgan fingerprint density at radius 2 is 0.524 bits per heavy atom. The molecule has 0 saturated heterocycles. The summed E-state index contributed by atoms with van der Waals surface area (Å²) in [5, 5.41) is 7.23. The van der Waals surface area contributed by atoms with Crippen molar-refractivity contribution in [1.29, 1.82) is 0 Å². The molecule has 402 valence electrons. The molecule has 0 atom stereocenters. The molecule has 0 heterocycles. The van der Waals surface area contributed by atoms with Crippen molar-refractivity contribution in [2.24, 2.45) is 0 Å². The van der Waals surface area contributed by atoms with Crippen LogP contribution in [0.5, 0.6) is 0 Å². The molecule has 2 heteroatoms. The fraction of sp³-hybridized carbons (Fsp3) is 0.0732. The van der Waals surface area contributed by atoms with Crippen molar-refractivity contribution in [3.8, 4) is 66.8 Å². The molecule has 0 amide bonds. The summed E-state index contributed by atoms with van der Waals surface area (Å²) in [6.07, 6.45) is 0. The summed E-state index contributed by atoms with van der Waals surface area (Å²) >= 11 is 0. The van der Waals surface area contributed by atoms with Gasteiger partial charge in [-0.15, -0.1) is 0 Å². The van der Waals surface area contributed by atoms with Crippen LogP contribution in [-0.4, -0.2) is 0 Å². The van der Waals surface area contributed by atoms with E-state index in [4.69, 9.17) is 0 Å². The number of anilines is 6. The molecule has 0 unspecified atom stereocenters. The summed E-state index contributed by atoms with van der Waals surface area (Å²) in [5.74, 6) is 0. The second-order valence-electron chi connectivity index (χ2n) is 22.7. The highest BCUT2D eigenvalue weighted by molar-refractivity contribution is 6.28. The van der Waals surface area contributed by atoms with E-state index < -0.39 is 0 Å². The summed E-state index contributed by atoms with van der Waals surface area (Å²) in [4.78, 5) is 5.15. The molecule has 0 bridgehead atoms. The van der Waals surface area contributed by atoms with Crippen molar-refractivity contribution in [1.82, 2.24) is 0 Å². The first-order chi connectivity index (χ1) is 41.2. The van der Waals surface area contributed by atoms with Gasteiger partial charge in [0.05, 0.1) is 22.7 Å². The van der Waals surface area contributed by atoms with E-state index in [1.54, 1.807) is 0 Å². The van der Waals surface area contributed by atoms with Crippen molar-refractivity contribution < 1.29 is 0 Å². The SMILES string of the molecule is Cc1ccc(-c2c(C)cccc2C)cc1N(c1cc(-c2ccccc2)ccc1-c1ccccc1)c1ccc2ccc3c(N(c4cc(-c5c(C)cccc5C)ccc4C)c4cc(-c5ccccc5)ccc4-c4ccccc4)ccc4ccc1c2c43. The van der Waals surface area contributed by atoms with Gasteiger partial charge in [0, 0.05) is 33.3 Å². The van der Waals surface area contributed by atoms with Crippen LogP contribution in [0.25, 0.3) is 99.1 Å². The molecule has 2 nitrogen and oxygen atoms in total. The zero-order chi connectivity index (χ0) is 57.0. The van der Waals surface area contributed by atoms with E-state index in [2.05, 4.69) is 330 Å². The van der Waals surface area contributed by atoms with E-state index in [-0.39, 0.29) is 0 Å². The Morgan fingerprint density at radius 1 is 0.202 bits per heavy atom. The second kappa shape index (κ2) is 21.6. The van der Waals surface area contributed by atoms with Crippen LogP contribution in [0.2, 0.25) is 0 Å². The normalized spacial score (nSPS) is 11.5. The molecule has 0 radical (unpaired) electrons. The number of nitrogens with zero attached hydrogens (tertiary/aromatic N) is 2. The molecule has 0 saturated carbocycles. The molecule has 0 aliphatic rings. The van der Waals surface area contributed by atoms with E-state index in [0.717, 1.165) is 67.5 Å². The summed E-state index contributed by atoms with van der Waals surface area (Å²) in [7, 11) is 0. The third-order valence-corrected chi connectivity index (χ3v) is 17.4. The van der Waals surface area contributed by atoms with Gasteiger partial charge in [-0.05, 0) is 189 Å². The first-order valence-electron chi connectivity index (χ1n) is 29.3. The number of rotatable bonds is 12. The van der Waals surface area contributed by atoms with Crippen molar-refractivity contribution >= 4 is 66.4 Å². The minimum Gasteiger partial charge on any atom is -0.309 e. The van der Waals surface area contributed by atoms with E-state index >= 15 is 0 Å². The lowest BCUT2D eigenvalue weighted by Gasteiger charge is -2.33. The Labute approximate surface area is 494 Å². The summed E-state index contributed by atoms with van der Waals surface area (Å²) in [5.41, 5.74) is 28.3. The van der Waals surface area contributed by atoms with Gasteiger partial charge in [-0.1, -0.05) is 243 Å². The monoisotopic (exact) mass is 1080 g/mol. The lowest BCUT2D eigenvalue weighted by atomic mass is 9.90. The first kappa shape index (κ1) is 51.8. The van der Waals surface area contributed by atoms with Crippen LogP contribution >= 0.6 is 0 Å². The molecule has 14 aromatic carbocycles. The molecule has 0 N–H and O–H groups in total. The van der Waals surface area contributed by atoms with Crippen molar-refractivity contribution in [2.75, 3.05) is 9.80 Å². The Hall–Kier alpha value is -10.3. The van der Waals surface area contributed by atoms with Gasteiger partial charge in [-0.3, -0.25) is 0 Å². The quantitative estimate of drug-likeness (QED) is 0.113. The maximum absolute atomic E-state index is 2.57. The van der Waals surface area contributed by atoms with Gasteiger partial charge in [0.1, 0.15) is 0 Å². The van der Waals surface area contributed by atoms with Crippen LogP contribution in [-0.2, 0) is 0 Å². The summed E-state index contributed by atoms with van der Waals surface area (Å²) < 4.78 is 0. The topological polar surface area (TPSA) is 6.48 Å². The van der Waals surface area contributed by atoms with Gasteiger partial charge in [0.15, 0.2) is 0 Å². The van der Waals surface area contributed by atoms with E-state index in [9.17, 15) is 0 Å². The molecular formula is C82H64N2. The average Bonchev–Trinajstić information content (AvgIpc) is 1.26. The predicted octanol–water partition coefficient (Wildman–Crippen LogP) is 23.4. The second-order valence-corrected chi connectivity index (χ2v) is 22.7. The highest BCUT2D eigenvalue weighted by Crippen LogP contribution is 2.53. The Morgan fingerprint density at radius 3 is 0.893 bits per heavy atom. The van der Waals surface area contributed by atoms with Gasteiger partial charge in [-0.25, -0.2) is 0 Å². The van der Waals surface area contributed by atoms with E-state index in [1.165, 1.54) is 99.1 Å². The minimum absolute atomic E-state index is 1.11. The Balaban J connectivity index is 1.07. The Bertz CT molecular complexity index is 4430. The van der Waals surface area contributed by atoms with Crippen LogP contribution < -0.4 is 9.80 Å². The standard InChI is InChI=1S/C82H64N2/c1-53-33-35-67(79-55(3)21-19-22-56(79)4)51-75(53)83(77-49-65(59-25-11-7-12-26-59)39-43-69(77)61-29-15-9-16-30-61)73-47-41-63-38-46-72-74(48-42-64-37-45-71(73)81(63)82(64)72)84(76-52-68(36-34-54(76)2)80-57(5)23-20-24-58(80)6)78-50-66(60-27-13-8-14-28-60)40-44-70(78)62-31-17-10-18-32-62/h7-52H,1-6H3. The molecule has 14 rings (SSSR count). The molecular weight excluding hydrogens is 1010 g/mol. The third kappa shape index (κ3) is 9.18. The van der Waals surface area contributed by atoms with E-state index in [1.807, 2.05) is 0 Å². The van der Waals surface area contributed by atoms with Crippen LogP contribution in [0.1, 0.15) is 33.4 Å². The smallest absolute Gasteiger partial charge is 0.0546 e. The molecule has 0 aromatic heterocycles. The predicted molar refractivity (Wildman–Crippen MR) is 361 cm³/mol. The van der Waals surface area contributed by atoms with Crippen molar-refractivity contribution in [3.63, 3.8) is 0 Å². The maximum atomic E-state index is 2.57. The highest BCUT2D eigenvalue weighted by atomic mass is 15.2. The van der Waals surface area contributed by atoms with Crippen LogP contribution in [0.3, 0.4) is 0 Å². The van der Waals surface area contributed by atoms with Crippen molar-refractivity contribution in [3.05, 3.63) is 312 Å². The number of hydrogen-bond donors (Lipinski definition) is 0. The lowest BCUT2D eigenvalue weighted by molar-refractivity contribution is 1.26. The summed E-state index contributed by atoms with van der Waals surface area (Å²) in [6, 6.07) is 104. The van der Waals surface area contributed by atoms with Gasteiger partial charge < -0.3 is 9.80 Å². The van der Waals surface area contributed by atoms with Gasteiger partial charge in [-0.2, -0.15) is 0 Å². The molecule has 0 aliphatic heterocycles. The fourth-order valence-electron chi connectivity index (χ4n) is 13.3. The lowest BCUT2D eigenvalue weighted by Crippen LogP contribution is -2.14. The molecule has 84 heavy (non-hydrogen) atoms. The maximum Gasteiger partial charge on any atom is 0.0546 e. The zero-order valence-corrected chi connectivity index (χ0v) is 48.5. The molecule has 0 spiro atoms. The summed E-state index contributed by atoms with van der Waals surface area (Å²) in [6.45, 7) is 13.5. The molecule has 0 aliphatic carbocycles. The Kier molecular flexibility index (Phi) is 13.3. The van der Waals surface area contributed by atoms with Crippen molar-refractivity contribution in [2.45, 2.75) is 41.5 Å². The number of aryl methyl sites for hydroxylation is 6. The molecule has 14 aromatic rings. The van der Waals surface area contributed by atoms with Gasteiger partial charge in [0.2, 0.25) is 0 Å². The van der Waals surface area contributed by atoms with Gasteiger partial charge >= 0.3 is 0 Å². The fourth-order valence-corrected chi connectivity index (χ4v) is 13.3. The van der Waals surface area contributed by atoms with Gasteiger partial charge in [0.25, 0.3) is 0 Å². The van der Waals surface area contributed by atoms with E-state index in [0.29, 0.717) is 0 Å². The average molecular weight is 1080 g/mol. The first-order valence-corrected chi connectivity index (χ1v) is 29.3. The van der Waals surface area contributed by atoms with Crippen LogP contribution in [0, 0.1) is 41.5 Å². The highest BCUT2D eigenvalue weighted by Gasteiger charge is 2.28. The molecule has 0 fully saturated rings. The number of hydrogen-bond acceptors (Lipinski definition) is 2. The van der Waals surface area contributed by atoms with Crippen LogP contribution in [0.4, 0.5) is 34.1 Å². The number of benzene rings is 14. The third-order valence-electron chi connectivity index (χ3n) is 17.4.